The normalized spacial score (nSPS) is 10.8. The van der Waals surface area contributed by atoms with Crippen LogP contribution in [0.15, 0.2) is 12.3 Å². The lowest BCUT2D eigenvalue weighted by Gasteiger charge is -2.25. The van der Waals surface area contributed by atoms with Crippen molar-refractivity contribution in [2.45, 2.75) is 39.7 Å². The summed E-state index contributed by atoms with van der Waals surface area (Å²) in [5, 5.41) is 12.8. The Labute approximate surface area is 156 Å². The van der Waals surface area contributed by atoms with Crippen molar-refractivity contribution in [2.24, 2.45) is 0 Å². The molecule has 0 radical (unpaired) electrons. The maximum atomic E-state index is 12.1. The van der Waals surface area contributed by atoms with Gasteiger partial charge in [-0.25, -0.2) is 24.8 Å². The van der Waals surface area contributed by atoms with E-state index in [9.17, 15) is 14.4 Å². The second-order valence-electron chi connectivity index (χ2n) is 6.30. The molecule has 144 valence electrons. The Morgan fingerprint density at radius 3 is 2.50 bits per heavy atom. The first-order valence-electron chi connectivity index (χ1n) is 7.96. The fourth-order valence-electron chi connectivity index (χ4n) is 1.83. The number of hydrogen-bond acceptors (Lipinski definition) is 5. The van der Waals surface area contributed by atoms with Gasteiger partial charge in [0.15, 0.2) is 0 Å². The number of amides is 3. The number of hydrogen-bond donors (Lipinski definition) is 3. The van der Waals surface area contributed by atoms with Crippen molar-refractivity contribution in [3.63, 3.8) is 0 Å². The summed E-state index contributed by atoms with van der Waals surface area (Å²) >= 11 is 5.99. The fourth-order valence-corrected chi connectivity index (χ4v) is 2.10. The second-order valence-corrected chi connectivity index (χ2v) is 6.70. The quantitative estimate of drug-likeness (QED) is 0.668. The third-order valence-corrected chi connectivity index (χ3v) is 3.32. The van der Waals surface area contributed by atoms with Crippen LogP contribution >= 0.6 is 11.6 Å². The SMILES string of the molecule is CCN(NC(=O)OC(C)(C)C)C(=O)NCCc1ncc(C(=O)O)cc1Cl. The maximum Gasteiger partial charge on any atom is 0.426 e. The molecular weight excluding hydrogens is 364 g/mol. The minimum atomic E-state index is -1.12. The fraction of sp³-hybridized carbons (Fsp3) is 0.500. The van der Waals surface area contributed by atoms with Crippen LogP contribution in [0.4, 0.5) is 9.59 Å². The van der Waals surface area contributed by atoms with E-state index in [1.54, 1.807) is 27.7 Å². The molecule has 0 aliphatic heterocycles. The number of ether oxygens (including phenoxy) is 1. The number of rotatable bonds is 5. The number of aromatic nitrogens is 1. The summed E-state index contributed by atoms with van der Waals surface area (Å²) in [6, 6.07) is 0.785. The molecule has 1 aromatic heterocycles. The molecule has 0 aliphatic rings. The van der Waals surface area contributed by atoms with Crippen LogP contribution in [0.5, 0.6) is 0 Å². The van der Waals surface area contributed by atoms with Crippen LogP contribution < -0.4 is 10.7 Å². The van der Waals surface area contributed by atoms with E-state index in [0.29, 0.717) is 12.1 Å². The monoisotopic (exact) mass is 386 g/mol. The van der Waals surface area contributed by atoms with Gasteiger partial charge in [-0.3, -0.25) is 4.98 Å². The summed E-state index contributed by atoms with van der Waals surface area (Å²) in [7, 11) is 0. The summed E-state index contributed by atoms with van der Waals surface area (Å²) in [5.41, 5.74) is 2.13. The summed E-state index contributed by atoms with van der Waals surface area (Å²) < 4.78 is 5.09. The zero-order valence-corrected chi connectivity index (χ0v) is 15.9. The van der Waals surface area contributed by atoms with Crippen molar-refractivity contribution in [2.75, 3.05) is 13.1 Å². The molecule has 3 N–H and O–H groups in total. The highest BCUT2D eigenvalue weighted by molar-refractivity contribution is 6.31. The molecule has 0 unspecified atom stereocenters. The van der Waals surface area contributed by atoms with Crippen LogP contribution in [0.2, 0.25) is 5.02 Å². The van der Waals surface area contributed by atoms with Crippen molar-refractivity contribution in [1.29, 1.82) is 0 Å². The summed E-state index contributed by atoms with van der Waals surface area (Å²) in [4.78, 5) is 38.7. The number of carbonyl (C=O) groups is 3. The van der Waals surface area contributed by atoms with E-state index in [0.717, 1.165) is 5.01 Å². The van der Waals surface area contributed by atoms with Gasteiger partial charge < -0.3 is 15.2 Å². The average Bonchev–Trinajstić information content (AvgIpc) is 2.52. The molecule has 0 saturated carbocycles. The van der Waals surface area contributed by atoms with Crippen molar-refractivity contribution >= 4 is 29.7 Å². The highest BCUT2D eigenvalue weighted by atomic mass is 35.5. The molecule has 0 aliphatic carbocycles. The molecule has 0 fully saturated rings. The third kappa shape index (κ3) is 7.14. The van der Waals surface area contributed by atoms with Gasteiger partial charge in [-0.05, 0) is 33.8 Å². The van der Waals surface area contributed by atoms with E-state index in [2.05, 4.69) is 15.7 Å². The lowest BCUT2D eigenvalue weighted by Crippen LogP contribution is -2.52. The smallest absolute Gasteiger partial charge is 0.426 e. The number of carboxylic acid groups (broad SMARTS) is 1. The number of nitrogens with one attached hydrogen (secondary N) is 2. The molecule has 1 rings (SSSR count). The molecule has 0 bridgehead atoms. The minimum Gasteiger partial charge on any atom is -0.478 e. The van der Waals surface area contributed by atoms with Crippen molar-refractivity contribution < 1.29 is 24.2 Å². The predicted octanol–water partition coefficient (Wildman–Crippen LogP) is 2.45. The number of halogens is 1. The standard InChI is InChI=1S/C16H23ClN4O5/c1-5-21(20-15(25)26-16(2,3)4)14(24)18-7-6-12-11(17)8-10(9-19-12)13(22)23/h8-9H,5-7H2,1-4H3,(H,18,24)(H,20,25)(H,22,23). The zero-order chi connectivity index (χ0) is 19.9. The van der Waals surface area contributed by atoms with Gasteiger partial charge in [-0.15, -0.1) is 0 Å². The number of hydrazine groups is 1. The highest BCUT2D eigenvalue weighted by Crippen LogP contribution is 2.15. The van der Waals surface area contributed by atoms with Crippen LogP contribution in [0.25, 0.3) is 0 Å². The molecule has 0 saturated heterocycles. The van der Waals surface area contributed by atoms with Crippen LogP contribution in [-0.4, -0.2) is 51.9 Å². The number of nitrogens with zero attached hydrogens (tertiary/aromatic N) is 2. The van der Waals surface area contributed by atoms with Gasteiger partial charge >= 0.3 is 18.1 Å². The minimum absolute atomic E-state index is 0.0125. The van der Waals surface area contributed by atoms with Crippen LogP contribution in [0.3, 0.4) is 0 Å². The van der Waals surface area contributed by atoms with Gasteiger partial charge in [0.05, 0.1) is 16.3 Å². The van der Waals surface area contributed by atoms with E-state index in [4.69, 9.17) is 21.4 Å². The highest BCUT2D eigenvalue weighted by Gasteiger charge is 2.20. The Kier molecular flexibility index (Phi) is 7.63. The van der Waals surface area contributed by atoms with Crippen molar-refractivity contribution in [3.8, 4) is 0 Å². The first kappa shape index (κ1) is 21.5. The lowest BCUT2D eigenvalue weighted by molar-refractivity contribution is 0.0383. The summed E-state index contributed by atoms with van der Waals surface area (Å²) in [6.07, 6.45) is 0.769. The Morgan fingerprint density at radius 2 is 2.00 bits per heavy atom. The van der Waals surface area contributed by atoms with E-state index in [1.807, 2.05) is 0 Å². The molecule has 26 heavy (non-hydrogen) atoms. The molecule has 1 heterocycles. The van der Waals surface area contributed by atoms with Crippen LogP contribution in [0, 0.1) is 0 Å². The molecule has 0 spiro atoms. The molecule has 1 aromatic rings. The molecule has 0 atom stereocenters. The van der Waals surface area contributed by atoms with Gasteiger partial charge in [0.25, 0.3) is 0 Å². The maximum absolute atomic E-state index is 12.1. The molecule has 0 aromatic carbocycles. The molecule has 3 amide bonds. The molecule has 10 heteroatoms. The topological polar surface area (TPSA) is 121 Å². The Hall–Kier alpha value is -2.55. The Balaban J connectivity index is 2.54. The first-order valence-corrected chi connectivity index (χ1v) is 8.34. The number of carbonyl (C=O) groups excluding carboxylic acids is 2. The molecular formula is C16H23ClN4O5. The zero-order valence-electron chi connectivity index (χ0n) is 15.1. The van der Waals surface area contributed by atoms with E-state index in [1.165, 1.54) is 12.3 Å². The van der Waals surface area contributed by atoms with Gasteiger partial charge in [0.1, 0.15) is 5.60 Å². The predicted molar refractivity (Wildman–Crippen MR) is 95.1 cm³/mol. The number of urea groups is 1. The van der Waals surface area contributed by atoms with Crippen molar-refractivity contribution in [3.05, 3.63) is 28.5 Å². The average molecular weight is 387 g/mol. The Bertz CT molecular complexity index is 675. The van der Waals surface area contributed by atoms with Crippen LogP contribution in [-0.2, 0) is 11.2 Å². The van der Waals surface area contributed by atoms with E-state index >= 15 is 0 Å². The van der Waals surface area contributed by atoms with E-state index < -0.39 is 23.7 Å². The van der Waals surface area contributed by atoms with E-state index in [-0.39, 0.29) is 23.7 Å². The summed E-state index contributed by atoms with van der Waals surface area (Å²) in [5.74, 6) is -1.12. The number of aromatic carboxylic acids is 1. The number of pyridine rings is 1. The third-order valence-electron chi connectivity index (χ3n) is 2.99. The number of carboxylic acids is 1. The lowest BCUT2D eigenvalue weighted by atomic mass is 10.2. The largest absolute Gasteiger partial charge is 0.478 e. The van der Waals surface area contributed by atoms with Gasteiger partial charge in [0.2, 0.25) is 0 Å². The van der Waals surface area contributed by atoms with Gasteiger partial charge in [-0.2, -0.15) is 0 Å². The molecule has 9 nitrogen and oxygen atoms in total. The first-order chi connectivity index (χ1) is 12.0. The van der Waals surface area contributed by atoms with Gasteiger partial charge in [-0.1, -0.05) is 11.6 Å². The van der Waals surface area contributed by atoms with Gasteiger partial charge in [0, 0.05) is 25.7 Å². The van der Waals surface area contributed by atoms with Crippen LogP contribution in [0.1, 0.15) is 43.7 Å². The Morgan fingerprint density at radius 1 is 1.35 bits per heavy atom. The summed E-state index contributed by atoms with van der Waals surface area (Å²) in [6.45, 7) is 7.28. The second kappa shape index (κ2) is 9.23. The van der Waals surface area contributed by atoms with Crippen molar-refractivity contribution in [1.82, 2.24) is 20.7 Å².